The predicted octanol–water partition coefficient (Wildman–Crippen LogP) is 5.04. The summed E-state index contributed by atoms with van der Waals surface area (Å²) in [5, 5.41) is 3.61. The molecule has 0 aliphatic carbocycles. The molecule has 0 radical (unpaired) electrons. The van der Waals surface area contributed by atoms with Gasteiger partial charge in [-0.05, 0) is 61.7 Å². The van der Waals surface area contributed by atoms with Crippen LogP contribution in [0.3, 0.4) is 0 Å². The summed E-state index contributed by atoms with van der Waals surface area (Å²) >= 11 is 1.88. The summed E-state index contributed by atoms with van der Waals surface area (Å²) in [5.74, 6) is -0.158. The van der Waals surface area contributed by atoms with Gasteiger partial charge in [0.1, 0.15) is 5.82 Å². The quantitative estimate of drug-likeness (QED) is 0.755. The molecule has 1 N–H and O–H groups in total. The highest BCUT2D eigenvalue weighted by molar-refractivity contribution is 7.11. The number of nitrogens with one attached hydrogen (secondary N) is 1. The third kappa shape index (κ3) is 4.39. The average Bonchev–Trinajstić information content (AvgIpc) is 2.91. The summed E-state index contributed by atoms with van der Waals surface area (Å²) in [7, 11) is 0. The van der Waals surface area contributed by atoms with E-state index in [4.69, 9.17) is 0 Å². The summed E-state index contributed by atoms with van der Waals surface area (Å²) < 4.78 is 13.3. The maximum Gasteiger partial charge on any atom is 0.123 e. The molecule has 1 nitrogen and oxygen atoms in total. The van der Waals surface area contributed by atoms with Crippen molar-refractivity contribution < 1.29 is 4.39 Å². The van der Waals surface area contributed by atoms with E-state index in [9.17, 15) is 4.39 Å². The zero-order valence-corrected chi connectivity index (χ0v) is 13.9. The largest absolute Gasteiger partial charge is 0.310 e. The van der Waals surface area contributed by atoms with Crippen molar-refractivity contribution in [2.75, 3.05) is 6.54 Å². The normalized spacial score (nSPS) is 12.6. The van der Waals surface area contributed by atoms with Crippen molar-refractivity contribution >= 4 is 11.3 Å². The third-order valence-corrected chi connectivity index (χ3v) is 4.97. The molecule has 0 spiro atoms. The van der Waals surface area contributed by atoms with Crippen LogP contribution in [0.2, 0.25) is 0 Å². The highest BCUT2D eigenvalue weighted by atomic mass is 32.1. The summed E-state index contributed by atoms with van der Waals surface area (Å²) in [6.07, 6.45) is 3.16. The molecule has 1 unspecified atom stereocenters. The SMILES string of the molecule is CCCNC(Cc1ccc(CC)s1)c1ccc(F)cc1C. The molecule has 2 aromatic rings. The molecule has 0 saturated heterocycles. The smallest absolute Gasteiger partial charge is 0.123 e. The first-order valence-electron chi connectivity index (χ1n) is 7.71. The summed E-state index contributed by atoms with van der Waals surface area (Å²) in [6.45, 7) is 7.33. The number of hydrogen-bond acceptors (Lipinski definition) is 2. The first-order chi connectivity index (χ1) is 10.1. The predicted molar refractivity (Wildman–Crippen MR) is 89.6 cm³/mol. The van der Waals surface area contributed by atoms with Crippen LogP contribution in [0.5, 0.6) is 0 Å². The zero-order valence-electron chi connectivity index (χ0n) is 13.1. The molecule has 1 heterocycles. The minimum Gasteiger partial charge on any atom is -0.310 e. The summed E-state index contributed by atoms with van der Waals surface area (Å²) in [6, 6.07) is 9.81. The van der Waals surface area contributed by atoms with Crippen LogP contribution in [0.25, 0.3) is 0 Å². The van der Waals surface area contributed by atoms with Gasteiger partial charge in [-0.25, -0.2) is 4.39 Å². The van der Waals surface area contributed by atoms with E-state index in [0.717, 1.165) is 31.4 Å². The van der Waals surface area contributed by atoms with Crippen molar-refractivity contribution in [3.05, 3.63) is 57.0 Å². The van der Waals surface area contributed by atoms with Gasteiger partial charge in [0.15, 0.2) is 0 Å². The summed E-state index contributed by atoms with van der Waals surface area (Å²) in [5.41, 5.74) is 2.23. The van der Waals surface area contributed by atoms with E-state index in [1.54, 1.807) is 12.1 Å². The van der Waals surface area contributed by atoms with Gasteiger partial charge in [-0.2, -0.15) is 0 Å². The lowest BCUT2D eigenvalue weighted by molar-refractivity contribution is 0.528. The summed E-state index contributed by atoms with van der Waals surface area (Å²) in [4.78, 5) is 2.82. The van der Waals surface area contributed by atoms with E-state index < -0.39 is 0 Å². The Hall–Kier alpha value is -1.19. The van der Waals surface area contributed by atoms with E-state index >= 15 is 0 Å². The third-order valence-electron chi connectivity index (χ3n) is 3.72. The molecule has 3 heteroatoms. The Bertz CT molecular complexity index is 576. The molecule has 0 aliphatic heterocycles. The Kier molecular flexibility index (Phi) is 5.95. The van der Waals surface area contributed by atoms with Crippen LogP contribution >= 0.6 is 11.3 Å². The minimum atomic E-state index is -0.158. The molecular weight excluding hydrogens is 281 g/mol. The number of hydrogen-bond donors (Lipinski definition) is 1. The van der Waals surface area contributed by atoms with Crippen LogP contribution in [-0.4, -0.2) is 6.54 Å². The second kappa shape index (κ2) is 7.71. The molecule has 0 bridgehead atoms. The fraction of sp³-hybridized carbons (Fsp3) is 0.444. The first-order valence-corrected chi connectivity index (χ1v) is 8.52. The van der Waals surface area contributed by atoms with Crippen LogP contribution in [0.15, 0.2) is 30.3 Å². The van der Waals surface area contributed by atoms with Crippen molar-refractivity contribution in [3.63, 3.8) is 0 Å². The highest BCUT2D eigenvalue weighted by Crippen LogP contribution is 2.26. The molecule has 1 aromatic carbocycles. The number of aryl methyl sites for hydroxylation is 2. The van der Waals surface area contributed by atoms with Gasteiger partial charge in [-0.1, -0.05) is 19.9 Å². The number of benzene rings is 1. The van der Waals surface area contributed by atoms with Gasteiger partial charge in [0.2, 0.25) is 0 Å². The fourth-order valence-electron chi connectivity index (χ4n) is 2.56. The Morgan fingerprint density at radius 1 is 1.14 bits per heavy atom. The zero-order chi connectivity index (χ0) is 15.2. The Balaban J connectivity index is 2.20. The minimum absolute atomic E-state index is 0.158. The number of thiophene rings is 1. The maximum atomic E-state index is 13.3. The lowest BCUT2D eigenvalue weighted by atomic mass is 9.98. The second-order valence-electron chi connectivity index (χ2n) is 5.43. The molecule has 21 heavy (non-hydrogen) atoms. The maximum absolute atomic E-state index is 13.3. The van der Waals surface area contributed by atoms with Gasteiger partial charge in [-0.15, -0.1) is 11.3 Å². The molecule has 0 aliphatic rings. The highest BCUT2D eigenvalue weighted by Gasteiger charge is 2.15. The van der Waals surface area contributed by atoms with E-state index in [2.05, 4.69) is 31.3 Å². The molecule has 114 valence electrons. The molecule has 0 saturated carbocycles. The van der Waals surface area contributed by atoms with Crippen LogP contribution in [0.4, 0.5) is 4.39 Å². The average molecular weight is 305 g/mol. The van der Waals surface area contributed by atoms with Crippen molar-refractivity contribution in [2.45, 2.75) is 46.1 Å². The Labute approximate surface area is 131 Å². The molecule has 0 fully saturated rings. The van der Waals surface area contributed by atoms with Crippen molar-refractivity contribution in [1.29, 1.82) is 0 Å². The monoisotopic (exact) mass is 305 g/mol. The van der Waals surface area contributed by atoms with E-state index in [1.165, 1.54) is 15.3 Å². The van der Waals surface area contributed by atoms with E-state index in [1.807, 2.05) is 24.3 Å². The van der Waals surface area contributed by atoms with Crippen molar-refractivity contribution in [1.82, 2.24) is 5.32 Å². The second-order valence-corrected chi connectivity index (χ2v) is 6.69. The lowest BCUT2D eigenvalue weighted by Gasteiger charge is -2.20. The van der Waals surface area contributed by atoms with Crippen LogP contribution in [-0.2, 0) is 12.8 Å². The van der Waals surface area contributed by atoms with Gasteiger partial charge >= 0.3 is 0 Å². The van der Waals surface area contributed by atoms with Gasteiger partial charge in [-0.3, -0.25) is 0 Å². The Morgan fingerprint density at radius 3 is 2.52 bits per heavy atom. The van der Waals surface area contributed by atoms with Gasteiger partial charge in [0.25, 0.3) is 0 Å². The van der Waals surface area contributed by atoms with E-state index in [0.29, 0.717) is 0 Å². The van der Waals surface area contributed by atoms with Crippen molar-refractivity contribution in [2.24, 2.45) is 0 Å². The Morgan fingerprint density at radius 2 is 1.90 bits per heavy atom. The lowest BCUT2D eigenvalue weighted by Crippen LogP contribution is -2.24. The van der Waals surface area contributed by atoms with E-state index in [-0.39, 0.29) is 11.9 Å². The number of halogens is 1. The molecule has 2 rings (SSSR count). The number of rotatable bonds is 7. The van der Waals surface area contributed by atoms with Crippen LogP contribution in [0, 0.1) is 12.7 Å². The van der Waals surface area contributed by atoms with Crippen LogP contribution < -0.4 is 5.32 Å². The van der Waals surface area contributed by atoms with Gasteiger partial charge in [0, 0.05) is 22.2 Å². The fourth-order valence-corrected chi connectivity index (χ4v) is 3.57. The van der Waals surface area contributed by atoms with Crippen LogP contribution in [0.1, 0.15) is 47.2 Å². The molecular formula is C18H24FNS. The topological polar surface area (TPSA) is 12.0 Å². The molecule has 0 amide bonds. The molecule has 1 atom stereocenters. The van der Waals surface area contributed by atoms with Crippen molar-refractivity contribution in [3.8, 4) is 0 Å². The van der Waals surface area contributed by atoms with Gasteiger partial charge < -0.3 is 5.32 Å². The first kappa shape index (κ1) is 16.2. The standard InChI is InChI=1S/C18H24FNS/c1-4-10-20-18(12-16-8-7-15(5-2)21-16)17-9-6-14(19)11-13(17)3/h6-9,11,18,20H,4-5,10,12H2,1-3H3. The molecule has 1 aromatic heterocycles. The van der Waals surface area contributed by atoms with Gasteiger partial charge in [0.05, 0.1) is 0 Å².